The van der Waals surface area contributed by atoms with Gasteiger partial charge in [-0.25, -0.2) is 13.5 Å². The van der Waals surface area contributed by atoms with Crippen LogP contribution < -0.4 is 15.8 Å². The van der Waals surface area contributed by atoms with E-state index in [4.69, 9.17) is 16.3 Å². The fourth-order valence-corrected chi connectivity index (χ4v) is 4.25. The van der Waals surface area contributed by atoms with Gasteiger partial charge in [0.25, 0.3) is 5.56 Å². The van der Waals surface area contributed by atoms with Gasteiger partial charge in [0.15, 0.2) is 0 Å². The number of halogens is 3. The predicted molar refractivity (Wildman–Crippen MR) is 113 cm³/mol. The maximum atomic E-state index is 13.5. The van der Waals surface area contributed by atoms with Crippen molar-refractivity contribution in [1.82, 2.24) is 9.78 Å². The molecule has 3 heterocycles. The third-order valence-electron chi connectivity index (χ3n) is 5.68. The Balaban J connectivity index is 1.44. The number of ether oxygens (including phenoxy) is 1. The van der Waals surface area contributed by atoms with Gasteiger partial charge in [0.05, 0.1) is 24.5 Å². The lowest BCUT2D eigenvalue weighted by molar-refractivity contribution is -0.120. The SMILES string of the molecule is O=C1C[C@@H](n2ncc(NC[C@@H]3CCCOC3)c(Cl)c2=O)CCN1c1cc(F)cc(F)c1. The highest BCUT2D eigenvalue weighted by Gasteiger charge is 2.30. The van der Waals surface area contributed by atoms with Gasteiger partial charge in [0.1, 0.15) is 16.7 Å². The first-order chi connectivity index (χ1) is 14.9. The van der Waals surface area contributed by atoms with Gasteiger partial charge in [0.2, 0.25) is 5.91 Å². The van der Waals surface area contributed by atoms with Crippen LogP contribution in [0.2, 0.25) is 5.02 Å². The second-order valence-electron chi connectivity index (χ2n) is 7.91. The molecule has 0 unspecified atom stereocenters. The molecule has 0 radical (unpaired) electrons. The highest BCUT2D eigenvalue weighted by molar-refractivity contribution is 6.32. The highest BCUT2D eigenvalue weighted by Crippen LogP contribution is 2.28. The standard InChI is InChI=1S/C21H23ClF2N4O3/c22-20-18(25-10-13-2-1-5-31-12-13)11-26-28(21(20)30)16-3-4-27(19(29)9-16)17-7-14(23)6-15(24)8-17/h6-8,11,13,16,25H,1-5,9-10,12H2/t13-,16-/m0/s1. The van der Waals surface area contributed by atoms with Crippen LogP contribution in [0.15, 0.2) is 29.2 Å². The second-order valence-corrected chi connectivity index (χ2v) is 8.28. The van der Waals surface area contributed by atoms with Crippen LogP contribution in [-0.2, 0) is 9.53 Å². The van der Waals surface area contributed by atoms with Gasteiger partial charge in [-0.2, -0.15) is 5.10 Å². The van der Waals surface area contributed by atoms with Crippen molar-refractivity contribution >= 4 is 28.9 Å². The summed E-state index contributed by atoms with van der Waals surface area (Å²) in [5.74, 6) is -1.50. The summed E-state index contributed by atoms with van der Waals surface area (Å²) in [5, 5.41) is 7.41. The molecule has 2 atom stereocenters. The molecule has 166 valence electrons. The zero-order valence-corrected chi connectivity index (χ0v) is 17.6. The minimum atomic E-state index is -0.752. The lowest BCUT2D eigenvalue weighted by Crippen LogP contribution is -2.42. The molecule has 1 aromatic heterocycles. The Morgan fingerprint density at radius 1 is 1.19 bits per heavy atom. The monoisotopic (exact) mass is 452 g/mol. The molecule has 0 bridgehead atoms. The van der Waals surface area contributed by atoms with Crippen molar-refractivity contribution in [3.05, 3.63) is 51.4 Å². The summed E-state index contributed by atoms with van der Waals surface area (Å²) in [6.45, 7) is 2.29. The van der Waals surface area contributed by atoms with Gasteiger partial charge in [-0.1, -0.05) is 11.6 Å². The average molecular weight is 453 g/mol. The Hall–Kier alpha value is -2.52. The van der Waals surface area contributed by atoms with Crippen LogP contribution in [0.3, 0.4) is 0 Å². The molecule has 1 N–H and O–H groups in total. The molecule has 2 aliphatic rings. The number of anilines is 2. The normalized spacial score (nSPS) is 21.9. The molecular weight excluding hydrogens is 430 g/mol. The Morgan fingerprint density at radius 2 is 1.97 bits per heavy atom. The summed E-state index contributed by atoms with van der Waals surface area (Å²) in [6.07, 6.45) is 3.93. The van der Waals surface area contributed by atoms with Crippen LogP contribution in [0.5, 0.6) is 0 Å². The topological polar surface area (TPSA) is 76.5 Å². The van der Waals surface area contributed by atoms with Crippen LogP contribution in [0.25, 0.3) is 0 Å². The van der Waals surface area contributed by atoms with Crippen molar-refractivity contribution in [2.24, 2.45) is 5.92 Å². The number of carbonyl (C=O) groups excluding carboxylic acids is 1. The van der Waals surface area contributed by atoms with Crippen LogP contribution in [0.4, 0.5) is 20.2 Å². The quantitative estimate of drug-likeness (QED) is 0.752. The third-order valence-corrected chi connectivity index (χ3v) is 6.05. The van der Waals surface area contributed by atoms with E-state index in [0.717, 1.165) is 37.6 Å². The molecule has 1 aromatic carbocycles. The van der Waals surface area contributed by atoms with E-state index in [1.807, 2.05) is 0 Å². The number of nitrogens with one attached hydrogen (secondary N) is 1. The summed E-state index contributed by atoms with van der Waals surface area (Å²) in [4.78, 5) is 26.7. The van der Waals surface area contributed by atoms with E-state index in [2.05, 4.69) is 10.4 Å². The van der Waals surface area contributed by atoms with Gasteiger partial charge in [0, 0.05) is 37.9 Å². The van der Waals surface area contributed by atoms with Crippen LogP contribution in [0, 0.1) is 17.6 Å². The number of aromatic nitrogens is 2. The first-order valence-electron chi connectivity index (χ1n) is 10.3. The number of amides is 1. The van der Waals surface area contributed by atoms with E-state index in [-0.39, 0.29) is 29.6 Å². The number of hydrogen-bond donors (Lipinski definition) is 1. The lowest BCUT2D eigenvalue weighted by atomic mass is 10.0. The largest absolute Gasteiger partial charge is 0.382 e. The second kappa shape index (κ2) is 9.32. The predicted octanol–water partition coefficient (Wildman–Crippen LogP) is 3.38. The lowest BCUT2D eigenvalue weighted by Gasteiger charge is -2.32. The van der Waals surface area contributed by atoms with E-state index in [0.29, 0.717) is 31.2 Å². The number of piperidine rings is 1. The van der Waals surface area contributed by atoms with Gasteiger partial charge >= 0.3 is 0 Å². The Morgan fingerprint density at radius 3 is 2.65 bits per heavy atom. The Bertz CT molecular complexity index is 1010. The molecule has 0 spiro atoms. The molecule has 1 amide bonds. The first kappa shape index (κ1) is 21.7. The molecular formula is C21H23ClF2N4O3. The van der Waals surface area contributed by atoms with E-state index in [9.17, 15) is 18.4 Å². The van der Waals surface area contributed by atoms with Gasteiger partial charge in [-0.15, -0.1) is 0 Å². The van der Waals surface area contributed by atoms with Crippen molar-refractivity contribution in [3.8, 4) is 0 Å². The number of rotatable bonds is 5. The number of nitrogens with zero attached hydrogens (tertiary/aromatic N) is 3. The number of hydrogen-bond acceptors (Lipinski definition) is 5. The molecule has 4 rings (SSSR count). The number of carbonyl (C=O) groups is 1. The summed E-state index contributed by atoms with van der Waals surface area (Å²) < 4.78 is 33.7. The summed E-state index contributed by atoms with van der Waals surface area (Å²) in [6, 6.07) is 2.50. The molecule has 2 saturated heterocycles. The van der Waals surface area contributed by atoms with Crippen molar-refractivity contribution in [3.63, 3.8) is 0 Å². The van der Waals surface area contributed by atoms with Gasteiger partial charge < -0.3 is 15.0 Å². The molecule has 2 fully saturated rings. The van der Waals surface area contributed by atoms with Crippen molar-refractivity contribution in [1.29, 1.82) is 0 Å². The van der Waals surface area contributed by atoms with E-state index in [1.165, 1.54) is 15.8 Å². The van der Waals surface area contributed by atoms with Crippen LogP contribution in [-0.4, -0.2) is 42.0 Å². The number of benzene rings is 1. The average Bonchev–Trinajstić information content (AvgIpc) is 2.75. The Labute approximate surface area is 182 Å². The molecule has 2 aliphatic heterocycles. The fraction of sp³-hybridized carbons (Fsp3) is 0.476. The van der Waals surface area contributed by atoms with E-state index in [1.54, 1.807) is 0 Å². The van der Waals surface area contributed by atoms with Gasteiger partial charge in [-0.05, 0) is 37.3 Å². The first-order valence-corrected chi connectivity index (χ1v) is 10.7. The summed E-state index contributed by atoms with van der Waals surface area (Å²) in [5.41, 5.74) is 0.132. The van der Waals surface area contributed by atoms with Crippen molar-refractivity contribution in [2.75, 3.05) is 36.5 Å². The van der Waals surface area contributed by atoms with Crippen molar-refractivity contribution < 1.29 is 18.3 Å². The maximum Gasteiger partial charge on any atom is 0.287 e. The van der Waals surface area contributed by atoms with Gasteiger partial charge in [-0.3, -0.25) is 9.59 Å². The molecule has 0 saturated carbocycles. The molecule has 7 nitrogen and oxygen atoms in total. The van der Waals surface area contributed by atoms with Crippen LogP contribution >= 0.6 is 11.6 Å². The molecule has 31 heavy (non-hydrogen) atoms. The smallest absolute Gasteiger partial charge is 0.287 e. The minimum absolute atomic E-state index is 0.0203. The van der Waals surface area contributed by atoms with Crippen molar-refractivity contribution in [2.45, 2.75) is 31.7 Å². The Kier molecular flexibility index (Phi) is 6.52. The zero-order valence-electron chi connectivity index (χ0n) is 16.8. The zero-order chi connectivity index (χ0) is 22.0. The van der Waals surface area contributed by atoms with Crippen LogP contribution in [0.1, 0.15) is 31.7 Å². The summed E-state index contributed by atoms with van der Waals surface area (Å²) >= 11 is 6.29. The fourth-order valence-electron chi connectivity index (χ4n) is 4.04. The van der Waals surface area contributed by atoms with E-state index >= 15 is 0 Å². The highest BCUT2D eigenvalue weighted by atomic mass is 35.5. The molecule has 0 aliphatic carbocycles. The summed E-state index contributed by atoms with van der Waals surface area (Å²) in [7, 11) is 0. The minimum Gasteiger partial charge on any atom is -0.382 e. The molecule has 10 heteroatoms. The maximum absolute atomic E-state index is 13.5. The van der Waals surface area contributed by atoms with E-state index < -0.39 is 23.2 Å². The molecule has 2 aromatic rings. The third kappa shape index (κ3) is 4.88.